The number of urea groups is 1. The van der Waals surface area contributed by atoms with Gasteiger partial charge in [0.25, 0.3) is 0 Å². The van der Waals surface area contributed by atoms with Gasteiger partial charge in [0.2, 0.25) is 0 Å². The number of carbonyl (C=O) groups is 2. The number of ether oxygens (including phenoxy) is 1. The lowest BCUT2D eigenvalue weighted by atomic mass is 10.0. The van der Waals surface area contributed by atoms with Gasteiger partial charge in [0.1, 0.15) is 0 Å². The molecule has 0 bridgehead atoms. The van der Waals surface area contributed by atoms with Gasteiger partial charge >= 0.3 is 12.0 Å². The molecule has 0 atom stereocenters. The topological polar surface area (TPSA) is 61.9 Å². The molecule has 3 aromatic rings. The lowest BCUT2D eigenvalue weighted by molar-refractivity contribution is 0.0526. The third kappa shape index (κ3) is 7.79. The van der Waals surface area contributed by atoms with Crippen molar-refractivity contribution in [2.75, 3.05) is 31.6 Å². The maximum atomic E-state index is 13.4. The van der Waals surface area contributed by atoms with Crippen LogP contribution in [0.3, 0.4) is 0 Å². The molecule has 6 heteroatoms. The quantitative estimate of drug-likeness (QED) is 0.364. The number of likely N-dealkylation sites (tertiary alicyclic amines) is 1. The van der Waals surface area contributed by atoms with Crippen LogP contribution in [0.4, 0.5) is 10.5 Å². The summed E-state index contributed by atoms with van der Waals surface area (Å²) in [6.45, 7) is 5.44. The SMILES string of the molecule is CCOC(=O)c1ccc(NC(=O)N(C/C=C/c2ccccc2)C2CCN(Cc3ccccc3)CC2)cc1. The third-order valence-corrected chi connectivity index (χ3v) is 6.57. The average Bonchev–Trinajstić information content (AvgIpc) is 2.93. The highest BCUT2D eigenvalue weighted by atomic mass is 16.5. The van der Waals surface area contributed by atoms with Gasteiger partial charge in [-0.15, -0.1) is 0 Å². The van der Waals surface area contributed by atoms with E-state index in [0.29, 0.717) is 24.4 Å². The van der Waals surface area contributed by atoms with E-state index in [0.717, 1.165) is 38.0 Å². The third-order valence-electron chi connectivity index (χ3n) is 6.57. The summed E-state index contributed by atoms with van der Waals surface area (Å²) in [7, 11) is 0. The summed E-state index contributed by atoms with van der Waals surface area (Å²) in [5, 5.41) is 3.02. The highest BCUT2D eigenvalue weighted by Crippen LogP contribution is 2.21. The second-order valence-corrected chi connectivity index (χ2v) is 9.19. The Morgan fingerprint density at radius 3 is 2.24 bits per heavy atom. The first-order valence-corrected chi connectivity index (χ1v) is 12.9. The largest absolute Gasteiger partial charge is 0.462 e. The monoisotopic (exact) mass is 497 g/mol. The van der Waals surface area contributed by atoms with E-state index >= 15 is 0 Å². The van der Waals surface area contributed by atoms with Gasteiger partial charge in [-0.25, -0.2) is 9.59 Å². The van der Waals surface area contributed by atoms with Crippen LogP contribution in [-0.2, 0) is 11.3 Å². The van der Waals surface area contributed by atoms with Gasteiger partial charge in [-0.05, 0) is 55.2 Å². The number of nitrogens with one attached hydrogen (secondary N) is 1. The lowest BCUT2D eigenvalue weighted by Gasteiger charge is -2.38. The van der Waals surface area contributed by atoms with Crippen molar-refractivity contribution in [2.45, 2.75) is 32.4 Å². The fourth-order valence-electron chi connectivity index (χ4n) is 4.59. The molecule has 6 nitrogen and oxygen atoms in total. The van der Waals surface area contributed by atoms with Crippen LogP contribution in [-0.4, -0.2) is 54.1 Å². The maximum Gasteiger partial charge on any atom is 0.338 e. The smallest absolute Gasteiger partial charge is 0.338 e. The molecular formula is C31H35N3O3. The Morgan fingerprint density at radius 1 is 0.946 bits per heavy atom. The van der Waals surface area contributed by atoms with E-state index in [-0.39, 0.29) is 18.0 Å². The number of anilines is 1. The summed E-state index contributed by atoms with van der Waals surface area (Å²) >= 11 is 0. The Bertz CT molecular complexity index is 1160. The van der Waals surface area contributed by atoms with Gasteiger partial charge in [0.05, 0.1) is 12.2 Å². The molecule has 1 fully saturated rings. The molecule has 1 saturated heterocycles. The van der Waals surface area contributed by atoms with Crippen molar-refractivity contribution in [1.29, 1.82) is 0 Å². The summed E-state index contributed by atoms with van der Waals surface area (Å²) in [6.07, 6.45) is 5.94. The van der Waals surface area contributed by atoms with Crippen LogP contribution in [0.5, 0.6) is 0 Å². The van der Waals surface area contributed by atoms with Crippen LogP contribution in [0.25, 0.3) is 6.08 Å². The van der Waals surface area contributed by atoms with Crippen molar-refractivity contribution < 1.29 is 14.3 Å². The van der Waals surface area contributed by atoms with Gasteiger partial charge in [-0.1, -0.05) is 72.8 Å². The molecule has 1 N–H and O–H groups in total. The Balaban J connectivity index is 1.41. The van der Waals surface area contributed by atoms with E-state index < -0.39 is 0 Å². The Morgan fingerprint density at radius 2 is 1.59 bits per heavy atom. The summed E-state index contributed by atoms with van der Waals surface area (Å²) in [4.78, 5) is 29.7. The van der Waals surface area contributed by atoms with Crippen LogP contribution in [0.15, 0.2) is 91.0 Å². The molecule has 192 valence electrons. The summed E-state index contributed by atoms with van der Waals surface area (Å²) in [6, 6.07) is 27.5. The zero-order valence-corrected chi connectivity index (χ0v) is 21.4. The average molecular weight is 498 g/mol. The number of benzene rings is 3. The van der Waals surface area contributed by atoms with Crippen molar-refractivity contribution in [1.82, 2.24) is 9.80 Å². The van der Waals surface area contributed by atoms with Crippen LogP contribution < -0.4 is 5.32 Å². The van der Waals surface area contributed by atoms with Crippen LogP contribution >= 0.6 is 0 Å². The van der Waals surface area contributed by atoms with E-state index in [2.05, 4.69) is 46.6 Å². The Hall–Kier alpha value is -3.90. The van der Waals surface area contributed by atoms with E-state index in [9.17, 15) is 9.59 Å². The zero-order chi connectivity index (χ0) is 25.9. The van der Waals surface area contributed by atoms with Crippen molar-refractivity contribution >= 4 is 23.8 Å². The van der Waals surface area contributed by atoms with Gasteiger partial charge in [-0.2, -0.15) is 0 Å². The molecule has 0 aromatic heterocycles. The summed E-state index contributed by atoms with van der Waals surface area (Å²) in [5.74, 6) is -0.365. The second kappa shape index (κ2) is 13.4. The van der Waals surface area contributed by atoms with Gasteiger partial charge in [-0.3, -0.25) is 4.90 Å². The number of esters is 1. The first-order valence-electron chi connectivity index (χ1n) is 12.9. The predicted octanol–water partition coefficient (Wildman–Crippen LogP) is 6.08. The minimum Gasteiger partial charge on any atom is -0.462 e. The minimum absolute atomic E-state index is 0.136. The second-order valence-electron chi connectivity index (χ2n) is 9.19. The summed E-state index contributed by atoms with van der Waals surface area (Å²) in [5.41, 5.74) is 3.53. The normalized spacial score (nSPS) is 14.4. The standard InChI is InChI=1S/C31H35N3O3/c1-2-37-30(35)27-15-17-28(18-16-27)32-31(36)34(21-9-14-25-10-5-3-6-11-25)29-19-22-33(23-20-29)24-26-12-7-4-8-13-26/h3-18,29H,2,19-24H2,1H3,(H,32,36)/b14-9+. The molecule has 0 aliphatic carbocycles. The number of hydrogen-bond acceptors (Lipinski definition) is 4. The molecular weight excluding hydrogens is 462 g/mol. The number of rotatable bonds is 9. The maximum absolute atomic E-state index is 13.4. The lowest BCUT2D eigenvalue weighted by Crippen LogP contribution is -2.48. The van der Waals surface area contributed by atoms with Gasteiger partial charge in [0.15, 0.2) is 0 Å². The molecule has 1 heterocycles. The zero-order valence-electron chi connectivity index (χ0n) is 21.4. The first-order chi connectivity index (χ1) is 18.1. The molecule has 37 heavy (non-hydrogen) atoms. The first kappa shape index (κ1) is 26.2. The van der Waals surface area contributed by atoms with E-state index in [1.54, 1.807) is 31.2 Å². The molecule has 1 aliphatic rings. The number of nitrogens with zero attached hydrogens (tertiary/aromatic N) is 2. The van der Waals surface area contributed by atoms with Crippen LogP contribution in [0.2, 0.25) is 0 Å². The minimum atomic E-state index is -0.365. The van der Waals surface area contributed by atoms with E-state index in [1.807, 2.05) is 41.3 Å². The molecule has 3 aromatic carbocycles. The van der Waals surface area contributed by atoms with E-state index in [1.165, 1.54) is 5.56 Å². The summed E-state index contributed by atoms with van der Waals surface area (Å²) < 4.78 is 5.05. The molecule has 0 unspecified atom stereocenters. The number of amides is 2. The Kier molecular flexibility index (Phi) is 9.49. The molecule has 2 amide bonds. The molecule has 4 rings (SSSR count). The predicted molar refractivity (Wildman–Crippen MR) is 148 cm³/mol. The molecule has 0 radical (unpaired) electrons. The van der Waals surface area contributed by atoms with Crippen molar-refractivity contribution in [3.05, 3.63) is 108 Å². The fraction of sp³-hybridized carbons (Fsp3) is 0.290. The Labute approximate surface area is 219 Å². The number of hydrogen-bond donors (Lipinski definition) is 1. The van der Waals surface area contributed by atoms with Crippen LogP contribution in [0, 0.1) is 0 Å². The fourth-order valence-corrected chi connectivity index (χ4v) is 4.59. The van der Waals surface area contributed by atoms with Crippen molar-refractivity contribution in [3.63, 3.8) is 0 Å². The molecule has 1 aliphatic heterocycles. The van der Waals surface area contributed by atoms with Crippen LogP contribution in [0.1, 0.15) is 41.3 Å². The van der Waals surface area contributed by atoms with Gasteiger partial charge in [0, 0.05) is 37.9 Å². The number of piperidine rings is 1. The highest BCUT2D eigenvalue weighted by Gasteiger charge is 2.27. The van der Waals surface area contributed by atoms with Crippen molar-refractivity contribution in [2.24, 2.45) is 0 Å². The molecule has 0 saturated carbocycles. The number of carbonyl (C=O) groups excluding carboxylic acids is 2. The van der Waals surface area contributed by atoms with E-state index in [4.69, 9.17) is 4.74 Å². The molecule has 0 spiro atoms. The van der Waals surface area contributed by atoms with Gasteiger partial charge < -0.3 is 15.0 Å². The van der Waals surface area contributed by atoms with Crippen molar-refractivity contribution in [3.8, 4) is 0 Å². The highest BCUT2D eigenvalue weighted by molar-refractivity contribution is 5.92.